The molecule has 0 spiro atoms. The van der Waals surface area contributed by atoms with Crippen molar-refractivity contribution in [2.75, 3.05) is 0 Å². The molecule has 0 aromatic carbocycles. The van der Waals surface area contributed by atoms with Gasteiger partial charge in [-0.2, -0.15) is 0 Å². The zero-order valence-electron chi connectivity index (χ0n) is 6.26. The summed E-state index contributed by atoms with van der Waals surface area (Å²) in [5.74, 6) is -0.200. The van der Waals surface area contributed by atoms with Gasteiger partial charge < -0.3 is 5.32 Å². The molecule has 0 aromatic rings. The zero-order valence-corrected chi connectivity index (χ0v) is 6.26. The largest absolute Gasteiger partial charge is 0.324 e. The van der Waals surface area contributed by atoms with Crippen LogP contribution in [0.1, 0.15) is 6.92 Å². The third-order valence-corrected chi connectivity index (χ3v) is 0.682. The lowest BCUT2D eigenvalue weighted by molar-refractivity contribution is 0.263. The summed E-state index contributed by atoms with van der Waals surface area (Å²) in [6, 6.07) is 0. The van der Waals surface area contributed by atoms with Gasteiger partial charge in [0.2, 0.25) is 15.7 Å². The molecule has 0 saturated heterocycles. The minimum Gasteiger partial charge on any atom is -0.324 e. The smallest absolute Gasteiger partial charge is 0.218 e. The fourth-order valence-corrected chi connectivity index (χ4v) is 0.519. The lowest BCUT2D eigenvalue weighted by atomic mass is 10.1. The van der Waals surface area contributed by atoms with Crippen LogP contribution in [-0.2, 0) is 0 Å². The van der Waals surface area contributed by atoms with Crippen LogP contribution in [0.4, 0.5) is 9.59 Å². The SMILES string of the molecule is BC(=O)/N=C(/C)NC(B)=O. The van der Waals surface area contributed by atoms with Gasteiger partial charge in [0.05, 0.1) is 0 Å². The number of carbonyl (C=O) groups excluding carboxylic acids is 2. The second-order valence-corrected chi connectivity index (χ2v) is 1.90. The molecule has 0 radical (unpaired) electrons. The van der Waals surface area contributed by atoms with Crippen molar-refractivity contribution in [3.8, 4) is 0 Å². The number of nitrogens with one attached hydrogen (secondary N) is 1. The highest BCUT2D eigenvalue weighted by molar-refractivity contribution is 6.60. The monoisotopic (exact) mass is 138 g/mol. The fourth-order valence-electron chi connectivity index (χ4n) is 0.519. The number of rotatable bonds is 0. The molecular formula is C4H8B2N2O2. The number of carbonyl (C=O) groups is 2. The second kappa shape index (κ2) is 3.87. The Bertz CT molecular complexity index is 190. The van der Waals surface area contributed by atoms with Crippen molar-refractivity contribution in [1.29, 1.82) is 0 Å². The van der Waals surface area contributed by atoms with Gasteiger partial charge in [0, 0.05) is 0 Å². The molecule has 0 aliphatic carbocycles. The molecule has 0 rings (SSSR count). The minimum absolute atomic E-state index is 0.220. The molecule has 1 N–H and O–H groups in total. The van der Waals surface area contributed by atoms with Crippen LogP contribution >= 0.6 is 0 Å². The summed E-state index contributed by atoms with van der Waals surface area (Å²) in [5.41, 5.74) is 0. The Morgan fingerprint density at radius 1 is 1.40 bits per heavy atom. The molecule has 4 nitrogen and oxygen atoms in total. The van der Waals surface area contributed by atoms with Crippen molar-refractivity contribution >= 4 is 33.1 Å². The molecule has 0 aliphatic heterocycles. The van der Waals surface area contributed by atoms with Crippen LogP contribution in [0.3, 0.4) is 0 Å². The Kier molecular flexibility index (Phi) is 3.46. The molecule has 0 unspecified atom stereocenters. The van der Waals surface area contributed by atoms with Gasteiger partial charge in [-0.3, -0.25) is 9.59 Å². The van der Waals surface area contributed by atoms with Gasteiger partial charge in [0.1, 0.15) is 5.84 Å². The van der Waals surface area contributed by atoms with Gasteiger partial charge in [0.25, 0.3) is 0 Å². The van der Waals surface area contributed by atoms with Crippen LogP contribution < -0.4 is 5.32 Å². The van der Waals surface area contributed by atoms with Gasteiger partial charge in [-0.15, -0.1) is 0 Å². The predicted molar refractivity (Wildman–Crippen MR) is 44.1 cm³/mol. The van der Waals surface area contributed by atoms with E-state index >= 15 is 0 Å². The third kappa shape index (κ3) is 5.08. The summed E-state index contributed by atoms with van der Waals surface area (Å²) in [6.45, 7) is 1.56. The average molecular weight is 138 g/mol. The molecule has 6 heteroatoms. The summed E-state index contributed by atoms with van der Waals surface area (Å²) >= 11 is 0. The number of hydrogen-bond donors (Lipinski definition) is 1. The Hall–Kier alpha value is -1.06. The van der Waals surface area contributed by atoms with Crippen LogP contribution in [0.15, 0.2) is 4.99 Å². The Balaban J connectivity index is 3.95. The topological polar surface area (TPSA) is 58.5 Å². The van der Waals surface area contributed by atoms with E-state index in [1.54, 1.807) is 6.92 Å². The highest BCUT2D eigenvalue weighted by atomic mass is 16.1. The van der Waals surface area contributed by atoms with E-state index in [4.69, 9.17) is 0 Å². The maximum atomic E-state index is 10.3. The summed E-state index contributed by atoms with van der Waals surface area (Å²) in [6.07, 6.45) is 0. The summed E-state index contributed by atoms with van der Waals surface area (Å²) in [5, 5.41) is 2.36. The van der Waals surface area contributed by atoms with Crippen LogP contribution in [0.5, 0.6) is 0 Å². The average Bonchev–Trinajstić information content (AvgIpc) is 1.58. The van der Waals surface area contributed by atoms with E-state index in [0.29, 0.717) is 5.84 Å². The fraction of sp³-hybridized carbons (Fsp3) is 0.250. The zero-order chi connectivity index (χ0) is 8.15. The molecule has 0 aliphatic rings. The van der Waals surface area contributed by atoms with Crippen molar-refractivity contribution in [2.45, 2.75) is 6.92 Å². The third-order valence-electron chi connectivity index (χ3n) is 0.682. The molecule has 0 aromatic heterocycles. The number of amidine groups is 1. The van der Waals surface area contributed by atoms with Crippen molar-refractivity contribution in [3.63, 3.8) is 0 Å². The number of nitrogens with zero attached hydrogens (tertiary/aromatic N) is 1. The molecule has 0 saturated carbocycles. The highest BCUT2D eigenvalue weighted by Gasteiger charge is 1.93. The van der Waals surface area contributed by atoms with E-state index in [2.05, 4.69) is 10.3 Å². The molecule has 0 bridgehead atoms. The van der Waals surface area contributed by atoms with Gasteiger partial charge in [-0.25, -0.2) is 4.99 Å². The van der Waals surface area contributed by atoms with E-state index in [-0.39, 0.29) is 11.6 Å². The molecule has 0 atom stereocenters. The summed E-state index contributed by atoms with van der Waals surface area (Å²) in [4.78, 5) is 24.1. The molecule has 52 valence electrons. The first kappa shape index (κ1) is 8.94. The predicted octanol–water partition coefficient (Wildman–Crippen LogP) is -1.50. The maximum absolute atomic E-state index is 10.3. The Morgan fingerprint density at radius 2 is 1.90 bits per heavy atom. The molecule has 0 fully saturated rings. The van der Waals surface area contributed by atoms with Crippen molar-refractivity contribution in [1.82, 2.24) is 5.32 Å². The van der Waals surface area contributed by atoms with Crippen molar-refractivity contribution in [2.24, 2.45) is 4.99 Å². The first-order valence-electron chi connectivity index (χ1n) is 2.86. The normalized spacial score (nSPS) is 10.7. The molecule has 0 heterocycles. The van der Waals surface area contributed by atoms with E-state index in [9.17, 15) is 9.59 Å². The minimum atomic E-state index is -0.314. The van der Waals surface area contributed by atoms with Crippen molar-refractivity contribution < 1.29 is 9.59 Å². The number of hydrogen-bond acceptors (Lipinski definition) is 2. The van der Waals surface area contributed by atoms with Crippen molar-refractivity contribution in [3.05, 3.63) is 0 Å². The Morgan fingerprint density at radius 3 is 2.20 bits per heavy atom. The maximum Gasteiger partial charge on any atom is 0.218 e. The number of aliphatic imine (C=N–C) groups is 1. The van der Waals surface area contributed by atoms with Gasteiger partial charge in [-0.05, 0) is 6.92 Å². The molecule has 10 heavy (non-hydrogen) atoms. The quantitative estimate of drug-likeness (QED) is 0.251. The first-order chi connectivity index (χ1) is 4.52. The second-order valence-electron chi connectivity index (χ2n) is 1.90. The van der Waals surface area contributed by atoms with Gasteiger partial charge in [0.15, 0.2) is 11.6 Å². The van der Waals surface area contributed by atoms with E-state index in [0.717, 1.165) is 0 Å². The van der Waals surface area contributed by atoms with Crippen LogP contribution in [-0.4, -0.2) is 33.1 Å². The molecule has 2 amide bonds. The van der Waals surface area contributed by atoms with Gasteiger partial charge in [-0.1, -0.05) is 0 Å². The first-order valence-corrected chi connectivity index (χ1v) is 2.86. The van der Waals surface area contributed by atoms with E-state index in [1.165, 1.54) is 15.7 Å². The summed E-state index contributed by atoms with van der Waals surface area (Å²) < 4.78 is 0. The van der Waals surface area contributed by atoms with Crippen LogP contribution in [0, 0.1) is 0 Å². The van der Waals surface area contributed by atoms with E-state index in [1.807, 2.05) is 0 Å². The van der Waals surface area contributed by atoms with Gasteiger partial charge >= 0.3 is 0 Å². The van der Waals surface area contributed by atoms with Crippen LogP contribution in [0.25, 0.3) is 0 Å². The molecular weight excluding hydrogens is 130 g/mol. The standard InChI is InChI=1S/C4H8B2N2O2/c1-2(7-3(5)9)8-4(6)10/h5-6H2,1H3,(H,7,8,9,10). The van der Waals surface area contributed by atoms with Crippen LogP contribution in [0.2, 0.25) is 0 Å². The lowest BCUT2D eigenvalue weighted by Crippen LogP contribution is -2.27. The lowest BCUT2D eigenvalue weighted by Gasteiger charge is -1.97. The van der Waals surface area contributed by atoms with E-state index < -0.39 is 0 Å². The summed E-state index contributed by atoms with van der Waals surface area (Å²) in [7, 11) is 2.68. The Labute approximate surface area is 60.9 Å². The number of amides is 2. The highest BCUT2D eigenvalue weighted by Crippen LogP contribution is 1.74.